The van der Waals surface area contributed by atoms with E-state index < -0.39 is 10.8 Å². The van der Waals surface area contributed by atoms with Gasteiger partial charge in [0.05, 0.1) is 20.9 Å². The van der Waals surface area contributed by atoms with Crippen molar-refractivity contribution in [3.05, 3.63) is 56.3 Å². The van der Waals surface area contributed by atoms with Gasteiger partial charge in [0.15, 0.2) is 6.61 Å². The van der Waals surface area contributed by atoms with Crippen molar-refractivity contribution >= 4 is 28.6 Å². The van der Waals surface area contributed by atoms with Crippen LogP contribution in [0.2, 0.25) is 0 Å². The minimum absolute atomic E-state index is 0.00772. The molecule has 0 atom stereocenters. The van der Waals surface area contributed by atoms with E-state index in [9.17, 15) is 14.9 Å². The summed E-state index contributed by atoms with van der Waals surface area (Å²) < 4.78 is 5.54. The molecule has 162 valence electrons. The number of thiophene rings is 1. The molecule has 1 aromatic heterocycles. The van der Waals surface area contributed by atoms with Crippen LogP contribution >= 0.6 is 11.3 Å². The molecular weight excluding hydrogens is 402 g/mol. The highest BCUT2D eigenvalue weighted by Crippen LogP contribution is 2.36. The third kappa shape index (κ3) is 6.95. The SMILES string of the molecule is C/C(=N\NC(=O)COc1ccc(C(C)(C)CC(C)(C)C)cc1)c1cc([N+](=O)[O-])cs1. The van der Waals surface area contributed by atoms with E-state index in [1.165, 1.54) is 28.3 Å². The number of hydrogen-bond acceptors (Lipinski definition) is 6. The normalized spacial score (nSPS) is 12.5. The van der Waals surface area contributed by atoms with Gasteiger partial charge in [0.2, 0.25) is 0 Å². The Balaban J connectivity index is 1.89. The summed E-state index contributed by atoms with van der Waals surface area (Å²) in [6.45, 7) is 12.6. The summed E-state index contributed by atoms with van der Waals surface area (Å²) >= 11 is 1.20. The Hall–Kier alpha value is -2.74. The van der Waals surface area contributed by atoms with Crippen LogP contribution < -0.4 is 10.2 Å². The predicted molar refractivity (Wildman–Crippen MR) is 120 cm³/mol. The molecule has 1 N–H and O–H groups in total. The molecule has 0 saturated carbocycles. The molecule has 0 saturated heterocycles. The van der Waals surface area contributed by atoms with Crippen molar-refractivity contribution in [1.29, 1.82) is 0 Å². The first-order valence-corrected chi connectivity index (χ1v) is 10.6. The van der Waals surface area contributed by atoms with Gasteiger partial charge in [-0.2, -0.15) is 5.10 Å². The van der Waals surface area contributed by atoms with Gasteiger partial charge < -0.3 is 4.74 Å². The molecule has 1 amide bonds. The van der Waals surface area contributed by atoms with Gasteiger partial charge >= 0.3 is 0 Å². The third-order valence-electron chi connectivity index (χ3n) is 4.48. The highest BCUT2D eigenvalue weighted by molar-refractivity contribution is 7.12. The Labute approximate surface area is 181 Å². The van der Waals surface area contributed by atoms with Crippen molar-refractivity contribution in [1.82, 2.24) is 5.43 Å². The molecule has 0 fully saturated rings. The zero-order valence-corrected chi connectivity index (χ0v) is 19.1. The van der Waals surface area contributed by atoms with Crippen LogP contribution in [-0.2, 0) is 10.2 Å². The van der Waals surface area contributed by atoms with E-state index in [0.717, 1.165) is 6.42 Å². The molecule has 1 heterocycles. The fraction of sp³-hybridized carbons (Fsp3) is 0.455. The molecule has 1 aromatic carbocycles. The molecule has 0 bridgehead atoms. The summed E-state index contributed by atoms with van der Waals surface area (Å²) in [7, 11) is 0. The number of amides is 1. The highest BCUT2D eigenvalue weighted by Gasteiger charge is 2.27. The smallest absolute Gasteiger partial charge is 0.280 e. The summed E-state index contributed by atoms with van der Waals surface area (Å²) in [5.74, 6) is 0.201. The minimum atomic E-state index is -0.463. The first-order valence-electron chi connectivity index (χ1n) is 9.67. The Bertz CT molecular complexity index is 925. The predicted octanol–water partition coefficient (Wildman–Crippen LogP) is 5.29. The molecule has 30 heavy (non-hydrogen) atoms. The minimum Gasteiger partial charge on any atom is -0.484 e. The molecule has 2 aromatic rings. The summed E-state index contributed by atoms with van der Waals surface area (Å²) in [5.41, 5.74) is 4.40. The molecule has 2 rings (SSSR count). The van der Waals surface area contributed by atoms with Crippen molar-refractivity contribution in [2.24, 2.45) is 10.5 Å². The van der Waals surface area contributed by atoms with Crippen molar-refractivity contribution in [3.8, 4) is 5.75 Å². The average Bonchev–Trinajstić information content (AvgIpc) is 3.13. The molecule has 0 aliphatic carbocycles. The van der Waals surface area contributed by atoms with E-state index in [4.69, 9.17) is 4.74 Å². The van der Waals surface area contributed by atoms with Gasteiger partial charge in [-0.25, -0.2) is 5.43 Å². The highest BCUT2D eigenvalue weighted by atomic mass is 32.1. The van der Waals surface area contributed by atoms with Crippen LogP contribution in [0.5, 0.6) is 5.75 Å². The molecular formula is C22H29N3O4S. The van der Waals surface area contributed by atoms with Crippen molar-refractivity contribution < 1.29 is 14.5 Å². The Morgan fingerprint density at radius 2 is 1.83 bits per heavy atom. The van der Waals surface area contributed by atoms with Gasteiger partial charge in [-0.1, -0.05) is 46.8 Å². The standard InChI is InChI=1S/C22H29N3O4S/c1-15(19-11-17(13-30-19)25(27)28)23-24-20(26)12-29-18-9-7-16(8-10-18)22(5,6)14-21(2,3)4/h7-11,13H,12,14H2,1-6H3,(H,24,26)/b23-15+. The van der Waals surface area contributed by atoms with E-state index in [1.54, 1.807) is 6.92 Å². The fourth-order valence-corrected chi connectivity index (χ4v) is 4.23. The van der Waals surface area contributed by atoms with Gasteiger partial charge in [0.1, 0.15) is 5.75 Å². The van der Waals surface area contributed by atoms with Crippen molar-refractivity contribution in [2.45, 2.75) is 53.4 Å². The quantitative estimate of drug-likeness (QED) is 0.349. The molecule has 0 aliphatic heterocycles. The second-order valence-corrected chi connectivity index (χ2v) is 10.0. The number of carbonyl (C=O) groups excluding carboxylic acids is 1. The number of hydrogen-bond donors (Lipinski definition) is 1. The number of carbonyl (C=O) groups is 1. The maximum absolute atomic E-state index is 12.0. The molecule has 8 heteroatoms. The molecule has 7 nitrogen and oxygen atoms in total. The van der Waals surface area contributed by atoms with Crippen molar-refractivity contribution in [2.75, 3.05) is 6.61 Å². The average molecular weight is 432 g/mol. The summed E-state index contributed by atoms with van der Waals surface area (Å²) in [4.78, 5) is 22.9. The van der Waals surface area contributed by atoms with Gasteiger partial charge in [-0.05, 0) is 41.9 Å². The summed E-state index contributed by atoms with van der Waals surface area (Å²) in [6, 6.07) is 9.23. The van der Waals surface area contributed by atoms with Gasteiger partial charge in [0.25, 0.3) is 11.6 Å². The lowest BCUT2D eigenvalue weighted by atomic mass is 9.72. The maximum atomic E-state index is 12.0. The summed E-state index contributed by atoms with van der Waals surface area (Å²) in [5, 5.41) is 16.2. The van der Waals surface area contributed by atoms with Crippen LogP contribution in [0, 0.1) is 15.5 Å². The lowest BCUT2D eigenvalue weighted by Gasteiger charge is -2.33. The van der Waals surface area contributed by atoms with Gasteiger partial charge in [0, 0.05) is 6.07 Å². The number of hydrazone groups is 1. The number of nitrogens with zero attached hydrogens (tertiary/aromatic N) is 2. The first kappa shape index (κ1) is 23.5. The van der Waals surface area contributed by atoms with Crippen molar-refractivity contribution in [3.63, 3.8) is 0 Å². The molecule has 0 spiro atoms. The largest absolute Gasteiger partial charge is 0.484 e. The van der Waals surface area contributed by atoms with Crippen LogP contribution in [0.3, 0.4) is 0 Å². The lowest BCUT2D eigenvalue weighted by Crippen LogP contribution is -2.26. The number of ether oxygens (including phenoxy) is 1. The van der Waals surface area contributed by atoms with Crippen LogP contribution in [0.4, 0.5) is 5.69 Å². The Kier molecular flexibility index (Phi) is 7.36. The lowest BCUT2D eigenvalue weighted by molar-refractivity contribution is -0.384. The Morgan fingerprint density at radius 1 is 1.20 bits per heavy atom. The second-order valence-electron chi connectivity index (χ2n) is 9.09. The summed E-state index contributed by atoms with van der Waals surface area (Å²) in [6.07, 6.45) is 1.05. The monoisotopic (exact) mass is 431 g/mol. The van der Waals surface area contributed by atoms with Gasteiger partial charge in [-0.15, -0.1) is 11.3 Å². The van der Waals surface area contributed by atoms with E-state index in [-0.39, 0.29) is 23.1 Å². The van der Waals surface area contributed by atoms with E-state index in [1.807, 2.05) is 24.3 Å². The van der Waals surface area contributed by atoms with E-state index in [0.29, 0.717) is 16.3 Å². The van der Waals surface area contributed by atoms with E-state index in [2.05, 4.69) is 45.1 Å². The molecule has 0 radical (unpaired) electrons. The molecule has 0 aliphatic rings. The van der Waals surface area contributed by atoms with E-state index >= 15 is 0 Å². The van der Waals surface area contributed by atoms with Crippen LogP contribution in [0.15, 0.2) is 40.8 Å². The fourth-order valence-electron chi connectivity index (χ4n) is 3.42. The number of rotatable bonds is 8. The third-order valence-corrected chi connectivity index (χ3v) is 5.51. The maximum Gasteiger partial charge on any atom is 0.280 e. The van der Waals surface area contributed by atoms with Crippen LogP contribution in [0.25, 0.3) is 0 Å². The Morgan fingerprint density at radius 3 is 2.37 bits per heavy atom. The van der Waals surface area contributed by atoms with Crippen LogP contribution in [0.1, 0.15) is 58.4 Å². The van der Waals surface area contributed by atoms with Crippen LogP contribution in [-0.4, -0.2) is 23.1 Å². The zero-order chi connectivity index (χ0) is 22.5. The number of nitro groups is 1. The first-order chi connectivity index (χ1) is 13.9. The molecule has 0 unspecified atom stereocenters. The van der Waals surface area contributed by atoms with Gasteiger partial charge in [-0.3, -0.25) is 14.9 Å². The topological polar surface area (TPSA) is 93.8 Å². The number of nitrogens with one attached hydrogen (secondary N) is 1. The zero-order valence-electron chi connectivity index (χ0n) is 18.3. The number of benzene rings is 1. The second kappa shape index (κ2) is 9.38.